The number of hydrogen-bond donors (Lipinski definition) is 0. The molecule has 1 aliphatic carbocycles. The summed E-state index contributed by atoms with van der Waals surface area (Å²) in [6, 6.07) is 6.47. The highest BCUT2D eigenvalue weighted by molar-refractivity contribution is 14.2. The lowest BCUT2D eigenvalue weighted by molar-refractivity contribution is 0.00578. The largest absolute Gasteiger partial charge is 0.497 e. The third-order valence-electron chi connectivity index (χ3n) is 6.33. The van der Waals surface area contributed by atoms with Crippen molar-refractivity contribution < 1.29 is 9.31 Å². The summed E-state index contributed by atoms with van der Waals surface area (Å²) in [5.41, 5.74) is 4.55. The molecule has 0 atom stereocenters. The van der Waals surface area contributed by atoms with Crippen LogP contribution in [0.15, 0.2) is 36.8 Å². The van der Waals surface area contributed by atoms with Crippen LogP contribution in [-0.2, 0) is 9.31 Å². The molecule has 8 heteroatoms. The average molecular weight is 519 g/mol. The van der Waals surface area contributed by atoms with Crippen LogP contribution in [-0.4, -0.2) is 32.3 Å². The summed E-state index contributed by atoms with van der Waals surface area (Å²) in [5, 5.41) is 1.13. The minimum atomic E-state index is -0.397. The highest BCUT2D eigenvalue weighted by atomic mass is 127. The standard InChI is InChI=1S/C21H23BIN3O2S/c1-20(2)21(3,4)28-22(27-20)16-12-26(29-23)19-8-7-14(9-15(16)19)18-11-24-10-17(25-18)13-5-6-13/h7-13H,5-6H2,1-4H3. The van der Waals surface area contributed by atoms with Gasteiger partial charge in [0.1, 0.15) is 0 Å². The topological polar surface area (TPSA) is 49.2 Å². The van der Waals surface area contributed by atoms with Crippen LogP contribution in [0.4, 0.5) is 0 Å². The van der Waals surface area contributed by atoms with E-state index in [1.807, 2.05) is 12.4 Å². The summed E-state index contributed by atoms with van der Waals surface area (Å²) in [4.78, 5) is 9.31. The fourth-order valence-electron chi connectivity index (χ4n) is 3.70. The molecule has 3 heterocycles. The highest BCUT2D eigenvalue weighted by Gasteiger charge is 2.52. The molecule has 2 aromatic heterocycles. The highest BCUT2D eigenvalue weighted by Crippen LogP contribution is 2.40. The van der Waals surface area contributed by atoms with Crippen molar-refractivity contribution in [3.05, 3.63) is 42.5 Å². The number of aromatic nitrogens is 3. The molecular formula is C21H23BIN3O2S. The van der Waals surface area contributed by atoms with E-state index in [0.717, 1.165) is 33.3 Å². The summed E-state index contributed by atoms with van der Waals surface area (Å²) < 4.78 is 14.8. The summed E-state index contributed by atoms with van der Waals surface area (Å²) in [6.45, 7) is 8.35. The van der Waals surface area contributed by atoms with Gasteiger partial charge in [-0.05, 0) is 52.7 Å². The molecule has 0 radical (unpaired) electrons. The Morgan fingerprint density at radius 1 is 1.14 bits per heavy atom. The van der Waals surface area contributed by atoms with Crippen LogP contribution in [0.25, 0.3) is 22.2 Å². The number of fused-ring (bicyclic) bond motifs is 1. The second-order valence-electron chi connectivity index (χ2n) is 8.90. The molecule has 1 aliphatic heterocycles. The molecule has 0 amide bonds. The minimum absolute atomic E-state index is 0.370. The van der Waals surface area contributed by atoms with Crippen molar-refractivity contribution in [1.82, 2.24) is 13.9 Å². The monoisotopic (exact) mass is 519 g/mol. The Balaban J connectivity index is 1.60. The molecule has 0 bridgehead atoms. The first-order valence-corrected chi connectivity index (χ1v) is 13.2. The number of benzene rings is 1. The van der Waals surface area contributed by atoms with Gasteiger partial charge in [-0.3, -0.25) is 8.96 Å². The molecule has 1 aromatic carbocycles. The van der Waals surface area contributed by atoms with E-state index in [0.29, 0.717) is 5.92 Å². The van der Waals surface area contributed by atoms with E-state index in [2.05, 4.69) is 82.3 Å². The van der Waals surface area contributed by atoms with E-state index in [4.69, 9.17) is 14.3 Å². The minimum Gasteiger partial charge on any atom is -0.399 e. The predicted molar refractivity (Wildman–Crippen MR) is 128 cm³/mol. The zero-order valence-corrected chi connectivity index (χ0v) is 20.0. The molecule has 3 aromatic rings. The van der Waals surface area contributed by atoms with Crippen molar-refractivity contribution in [3.63, 3.8) is 0 Å². The zero-order chi connectivity index (χ0) is 20.4. The van der Waals surface area contributed by atoms with E-state index in [-0.39, 0.29) is 11.2 Å². The van der Waals surface area contributed by atoms with E-state index in [1.54, 1.807) is 9.12 Å². The van der Waals surface area contributed by atoms with E-state index >= 15 is 0 Å². The molecule has 0 spiro atoms. The Kier molecular flexibility index (Phi) is 4.77. The van der Waals surface area contributed by atoms with Gasteiger partial charge in [0.25, 0.3) is 0 Å². The van der Waals surface area contributed by atoms with E-state index in [9.17, 15) is 0 Å². The first-order chi connectivity index (χ1) is 13.8. The fourth-order valence-corrected chi connectivity index (χ4v) is 5.06. The van der Waals surface area contributed by atoms with Crippen molar-refractivity contribution in [2.45, 2.75) is 57.7 Å². The maximum absolute atomic E-state index is 6.35. The summed E-state index contributed by atoms with van der Waals surface area (Å²) in [7, 11) is 1.24. The summed E-state index contributed by atoms with van der Waals surface area (Å²) in [5.74, 6) is 0.586. The first kappa shape index (κ1) is 19.8. The summed E-state index contributed by atoms with van der Waals surface area (Å²) in [6.07, 6.45) is 8.32. The smallest absolute Gasteiger partial charge is 0.399 e. The van der Waals surface area contributed by atoms with Gasteiger partial charge in [0.15, 0.2) is 0 Å². The van der Waals surface area contributed by atoms with Gasteiger partial charge in [0.05, 0.1) is 34.3 Å². The number of rotatable bonds is 4. The molecular weight excluding hydrogens is 496 g/mol. The molecule has 5 nitrogen and oxygen atoms in total. The molecule has 2 aliphatic rings. The van der Waals surface area contributed by atoms with E-state index < -0.39 is 7.12 Å². The van der Waals surface area contributed by atoms with Gasteiger partial charge < -0.3 is 9.31 Å². The van der Waals surface area contributed by atoms with Crippen molar-refractivity contribution >= 4 is 53.8 Å². The van der Waals surface area contributed by atoms with Crippen LogP contribution in [0, 0.1) is 0 Å². The van der Waals surface area contributed by atoms with Crippen LogP contribution in [0.2, 0.25) is 0 Å². The Bertz CT molecular complexity index is 1080. The lowest BCUT2D eigenvalue weighted by Gasteiger charge is -2.32. The Morgan fingerprint density at radius 2 is 1.86 bits per heavy atom. The maximum Gasteiger partial charge on any atom is 0.497 e. The summed E-state index contributed by atoms with van der Waals surface area (Å²) >= 11 is 2.31. The van der Waals surface area contributed by atoms with Crippen LogP contribution >= 0.6 is 30.3 Å². The van der Waals surface area contributed by atoms with Crippen molar-refractivity contribution in [2.75, 3.05) is 0 Å². The van der Waals surface area contributed by atoms with Gasteiger partial charge in [-0.25, -0.2) is 4.98 Å². The quantitative estimate of drug-likeness (QED) is 0.354. The van der Waals surface area contributed by atoms with Gasteiger partial charge in [-0.1, -0.05) is 6.07 Å². The number of nitrogens with zero attached hydrogens (tertiary/aromatic N) is 3. The average Bonchev–Trinajstić information content (AvgIpc) is 3.43. The lowest BCUT2D eigenvalue weighted by Crippen LogP contribution is -2.41. The normalized spacial score (nSPS) is 20.5. The van der Waals surface area contributed by atoms with Crippen molar-refractivity contribution in [2.24, 2.45) is 0 Å². The van der Waals surface area contributed by atoms with Crippen LogP contribution in [0.1, 0.15) is 52.1 Å². The Hall–Kier alpha value is -1.10. The third-order valence-corrected chi connectivity index (χ3v) is 8.05. The van der Waals surface area contributed by atoms with Crippen molar-refractivity contribution in [3.8, 4) is 11.3 Å². The molecule has 0 unspecified atom stereocenters. The van der Waals surface area contributed by atoms with Crippen molar-refractivity contribution in [1.29, 1.82) is 0 Å². The third kappa shape index (κ3) is 3.41. The molecule has 1 saturated heterocycles. The first-order valence-electron chi connectivity index (χ1n) is 9.91. The lowest BCUT2D eigenvalue weighted by atomic mass is 9.78. The van der Waals surface area contributed by atoms with Gasteiger partial charge in [0, 0.05) is 65.0 Å². The second kappa shape index (κ2) is 6.97. The molecule has 5 rings (SSSR count). The maximum atomic E-state index is 6.35. The molecule has 150 valence electrons. The fraction of sp³-hybridized carbons (Fsp3) is 0.429. The second-order valence-corrected chi connectivity index (χ2v) is 10.6. The number of halogens is 1. The van der Waals surface area contributed by atoms with Gasteiger partial charge >= 0.3 is 7.12 Å². The van der Waals surface area contributed by atoms with E-state index in [1.165, 1.54) is 12.8 Å². The molecule has 29 heavy (non-hydrogen) atoms. The molecule has 1 saturated carbocycles. The van der Waals surface area contributed by atoms with Crippen LogP contribution < -0.4 is 5.46 Å². The van der Waals surface area contributed by atoms with Crippen LogP contribution in [0.3, 0.4) is 0 Å². The van der Waals surface area contributed by atoms with Gasteiger partial charge in [-0.15, -0.1) is 0 Å². The Labute approximate surface area is 187 Å². The zero-order valence-electron chi connectivity index (χ0n) is 17.0. The molecule has 0 N–H and O–H groups in total. The van der Waals surface area contributed by atoms with Gasteiger partial charge in [-0.2, -0.15) is 0 Å². The number of hydrogen-bond acceptors (Lipinski definition) is 5. The van der Waals surface area contributed by atoms with Gasteiger partial charge in [0.2, 0.25) is 0 Å². The Morgan fingerprint density at radius 3 is 2.52 bits per heavy atom. The SMILES string of the molecule is CC1(C)OB(c2cn(SI)c3ccc(-c4cncc(C5CC5)n4)cc23)OC1(C)C. The molecule has 2 fully saturated rings. The predicted octanol–water partition coefficient (Wildman–Crippen LogP) is 5.12. The van der Waals surface area contributed by atoms with Crippen LogP contribution in [0.5, 0.6) is 0 Å².